The number of hydrogen-bond acceptors (Lipinski definition) is 5. The molecule has 30 heavy (non-hydrogen) atoms. The Kier molecular flexibility index (Phi) is 6.13. The van der Waals surface area contributed by atoms with Crippen LogP contribution < -0.4 is 0 Å². The van der Waals surface area contributed by atoms with E-state index >= 15 is 0 Å². The summed E-state index contributed by atoms with van der Waals surface area (Å²) in [6, 6.07) is 7.96. The highest BCUT2D eigenvalue weighted by atomic mass is 35.5. The molecular weight excluding hydrogens is 435 g/mol. The van der Waals surface area contributed by atoms with Crippen LogP contribution in [0.5, 0.6) is 0 Å². The molecule has 0 amide bonds. The van der Waals surface area contributed by atoms with Crippen LogP contribution in [0.25, 0.3) is 11.5 Å². The third-order valence-corrected chi connectivity index (χ3v) is 5.69. The highest BCUT2D eigenvalue weighted by Gasteiger charge is 2.28. The third-order valence-electron chi connectivity index (χ3n) is 5.14. The molecule has 9 heteroatoms. The van der Waals surface area contributed by atoms with Crippen molar-refractivity contribution in [2.45, 2.75) is 19.4 Å². The molecule has 0 spiro atoms. The number of piperidine rings is 1. The van der Waals surface area contributed by atoms with Gasteiger partial charge in [0, 0.05) is 10.9 Å². The summed E-state index contributed by atoms with van der Waals surface area (Å²) >= 11 is 12.1. The number of hydrogen-bond donors (Lipinski definition) is 0. The quantitative estimate of drug-likeness (QED) is 0.484. The standard InChI is InChI=1S/C21H17Cl2F2N3O2/c22-13-1-3-15(17(23)9-13)21-27-26-19(30-21)11-28-7-5-12(6-8-28)20(29)16-10-14(24)2-4-18(16)25/h1-4,9-10,12H,5-8,11H2. The first kappa shape index (κ1) is 20.9. The molecule has 0 bridgehead atoms. The van der Waals surface area contributed by atoms with E-state index in [1.54, 1.807) is 18.2 Å². The lowest BCUT2D eigenvalue weighted by Crippen LogP contribution is -2.36. The van der Waals surface area contributed by atoms with Crippen LogP contribution in [0, 0.1) is 17.6 Å². The van der Waals surface area contributed by atoms with Crippen molar-refractivity contribution in [2.75, 3.05) is 13.1 Å². The van der Waals surface area contributed by atoms with Crippen molar-refractivity contribution in [1.82, 2.24) is 15.1 Å². The molecule has 0 N–H and O–H groups in total. The summed E-state index contributed by atoms with van der Waals surface area (Å²) in [4.78, 5) is 14.6. The third kappa shape index (κ3) is 4.53. The minimum absolute atomic E-state index is 0.185. The van der Waals surface area contributed by atoms with Gasteiger partial charge >= 0.3 is 0 Å². The lowest BCUT2D eigenvalue weighted by molar-refractivity contribution is 0.0823. The van der Waals surface area contributed by atoms with Crippen LogP contribution in [0.4, 0.5) is 8.78 Å². The van der Waals surface area contributed by atoms with Crippen LogP contribution >= 0.6 is 23.2 Å². The Morgan fingerprint density at radius 1 is 1.10 bits per heavy atom. The molecule has 2 aromatic carbocycles. The van der Waals surface area contributed by atoms with Crippen LogP contribution in [0.1, 0.15) is 29.1 Å². The largest absolute Gasteiger partial charge is 0.419 e. The van der Waals surface area contributed by atoms with E-state index in [0.29, 0.717) is 59.9 Å². The first-order valence-electron chi connectivity index (χ1n) is 9.40. The topological polar surface area (TPSA) is 59.2 Å². The molecule has 3 aromatic rings. The van der Waals surface area contributed by atoms with Crippen molar-refractivity contribution < 1.29 is 18.0 Å². The van der Waals surface area contributed by atoms with E-state index in [1.807, 2.05) is 0 Å². The second kappa shape index (κ2) is 8.79. The van der Waals surface area contributed by atoms with E-state index in [0.717, 1.165) is 18.2 Å². The monoisotopic (exact) mass is 451 g/mol. The van der Waals surface area contributed by atoms with Crippen LogP contribution in [-0.2, 0) is 6.54 Å². The number of benzene rings is 2. The number of nitrogens with zero attached hydrogens (tertiary/aromatic N) is 3. The number of rotatable bonds is 5. The molecule has 0 atom stereocenters. The van der Waals surface area contributed by atoms with Crippen LogP contribution in [0.15, 0.2) is 40.8 Å². The maximum atomic E-state index is 13.9. The fourth-order valence-corrected chi connectivity index (χ4v) is 4.03. The van der Waals surface area contributed by atoms with Gasteiger partial charge in [0.15, 0.2) is 5.78 Å². The molecule has 156 valence electrons. The van der Waals surface area contributed by atoms with Gasteiger partial charge in [-0.15, -0.1) is 10.2 Å². The fourth-order valence-electron chi connectivity index (χ4n) is 3.54. The van der Waals surface area contributed by atoms with Crippen molar-refractivity contribution in [3.05, 3.63) is 69.5 Å². The van der Waals surface area contributed by atoms with Gasteiger partial charge in [-0.2, -0.15) is 0 Å². The molecule has 5 nitrogen and oxygen atoms in total. The Balaban J connectivity index is 1.37. The Morgan fingerprint density at radius 3 is 2.60 bits per heavy atom. The summed E-state index contributed by atoms with van der Waals surface area (Å²) in [5, 5.41) is 9.04. The van der Waals surface area contributed by atoms with Gasteiger partial charge in [0.2, 0.25) is 11.8 Å². The van der Waals surface area contributed by atoms with E-state index < -0.39 is 11.6 Å². The number of carbonyl (C=O) groups is 1. The van der Waals surface area contributed by atoms with E-state index in [9.17, 15) is 13.6 Å². The first-order valence-corrected chi connectivity index (χ1v) is 10.2. The van der Waals surface area contributed by atoms with Gasteiger partial charge in [-0.3, -0.25) is 9.69 Å². The Labute approximate surface area is 181 Å². The van der Waals surface area contributed by atoms with E-state index in [1.165, 1.54) is 0 Å². The molecule has 1 fully saturated rings. The van der Waals surface area contributed by atoms with E-state index in [4.69, 9.17) is 27.6 Å². The van der Waals surface area contributed by atoms with Crippen molar-refractivity contribution in [3.8, 4) is 11.5 Å². The van der Waals surface area contributed by atoms with Gasteiger partial charge < -0.3 is 4.42 Å². The predicted molar refractivity (Wildman–Crippen MR) is 108 cm³/mol. The molecule has 4 rings (SSSR count). The molecular formula is C21H17Cl2F2N3O2. The van der Waals surface area contributed by atoms with E-state index in [2.05, 4.69) is 15.1 Å². The number of aromatic nitrogens is 2. The average Bonchev–Trinajstić information content (AvgIpc) is 3.18. The maximum Gasteiger partial charge on any atom is 0.249 e. The Hall–Kier alpha value is -2.35. The zero-order valence-corrected chi connectivity index (χ0v) is 17.3. The van der Waals surface area contributed by atoms with Crippen molar-refractivity contribution >= 4 is 29.0 Å². The minimum Gasteiger partial charge on any atom is -0.419 e. The van der Waals surface area contributed by atoms with Gasteiger partial charge in [-0.05, 0) is 62.3 Å². The number of carbonyl (C=O) groups excluding carboxylic acids is 1. The average molecular weight is 452 g/mol. The lowest BCUT2D eigenvalue weighted by Gasteiger charge is -2.30. The van der Waals surface area contributed by atoms with Crippen LogP contribution in [0.2, 0.25) is 10.0 Å². The zero-order chi connectivity index (χ0) is 21.3. The SMILES string of the molecule is O=C(c1cc(F)ccc1F)C1CCN(Cc2nnc(-c3ccc(Cl)cc3Cl)o2)CC1. The lowest BCUT2D eigenvalue weighted by atomic mass is 9.88. The highest BCUT2D eigenvalue weighted by Crippen LogP contribution is 2.30. The van der Waals surface area contributed by atoms with Crippen LogP contribution in [-0.4, -0.2) is 34.0 Å². The van der Waals surface area contributed by atoms with Gasteiger partial charge in [-0.1, -0.05) is 23.2 Å². The van der Waals surface area contributed by atoms with Crippen molar-refractivity contribution in [1.29, 1.82) is 0 Å². The summed E-state index contributed by atoms with van der Waals surface area (Å²) in [6.07, 6.45) is 1.08. The second-order valence-corrected chi connectivity index (χ2v) is 8.01. The van der Waals surface area contributed by atoms with Crippen LogP contribution in [0.3, 0.4) is 0 Å². The number of ketones is 1. The molecule has 0 saturated carbocycles. The first-order chi connectivity index (χ1) is 14.4. The summed E-state index contributed by atoms with van der Waals surface area (Å²) in [5.74, 6) is -1.28. The Morgan fingerprint density at radius 2 is 1.87 bits per heavy atom. The Bertz CT molecular complexity index is 1080. The summed E-state index contributed by atoms with van der Waals surface area (Å²) < 4.78 is 33.0. The number of likely N-dealkylation sites (tertiary alicyclic amines) is 1. The number of Topliss-reactive ketones (excluding diaryl/α,β-unsaturated/α-hetero) is 1. The van der Waals surface area contributed by atoms with Crippen molar-refractivity contribution in [3.63, 3.8) is 0 Å². The predicted octanol–water partition coefficient (Wildman–Crippen LogP) is 5.42. The normalized spacial score (nSPS) is 15.5. The fraction of sp³-hybridized carbons (Fsp3) is 0.286. The van der Waals surface area contributed by atoms with Crippen molar-refractivity contribution in [2.24, 2.45) is 5.92 Å². The molecule has 0 radical (unpaired) electrons. The zero-order valence-electron chi connectivity index (χ0n) is 15.7. The summed E-state index contributed by atoms with van der Waals surface area (Å²) in [6.45, 7) is 1.63. The summed E-state index contributed by atoms with van der Waals surface area (Å²) in [7, 11) is 0. The molecule has 1 aliphatic rings. The summed E-state index contributed by atoms with van der Waals surface area (Å²) in [5.41, 5.74) is 0.413. The minimum atomic E-state index is -0.692. The smallest absolute Gasteiger partial charge is 0.249 e. The number of halogens is 4. The molecule has 0 aliphatic carbocycles. The second-order valence-electron chi connectivity index (χ2n) is 7.16. The van der Waals surface area contributed by atoms with Gasteiger partial charge in [0.1, 0.15) is 11.6 Å². The molecule has 1 aromatic heterocycles. The highest BCUT2D eigenvalue weighted by molar-refractivity contribution is 6.36. The van der Waals surface area contributed by atoms with E-state index in [-0.39, 0.29) is 17.3 Å². The molecule has 0 unspecified atom stereocenters. The molecule has 1 aliphatic heterocycles. The maximum absolute atomic E-state index is 13.9. The van der Waals surface area contributed by atoms with Gasteiger partial charge in [0.05, 0.1) is 22.7 Å². The van der Waals surface area contributed by atoms with Gasteiger partial charge in [-0.25, -0.2) is 8.78 Å². The molecule has 2 heterocycles. The van der Waals surface area contributed by atoms with Gasteiger partial charge in [0.25, 0.3) is 0 Å². The molecule has 1 saturated heterocycles.